The van der Waals surface area contributed by atoms with E-state index in [4.69, 9.17) is 4.42 Å². The maximum absolute atomic E-state index is 10.8. The zero-order valence-corrected chi connectivity index (χ0v) is 7.89. The van der Waals surface area contributed by atoms with Gasteiger partial charge in [-0.3, -0.25) is 14.9 Å². The first kappa shape index (κ1) is 9.39. The summed E-state index contributed by atoms with van der Waals surface area (Å²) in [6, 6.07) is 4.50. The van der Waals surface area contributed by atoms with Crippen molar-refractivity contribution in [1.29, 1.82) is 0 Å². The summed E-state index contributed by atoms with van der Waals surface area (Å²) in [6.07, 6.45) is 0.644. The molecule has 2 aromatic rings. The first-order valence-corrected chi connectivity index (χ1v) is 4.27. The van der Waals surface area contributed by atoms with Crippen LogP contribution in [-0.2, 0) is 0 Å². The summed E-state index contributed by atoms with van der Waals surface area (Å²) in [5.74, 6) is 0.398. The van der Waals surface area contributed by atoms with E-state index in [9.17, 15) is 14.9 Å². The molecule has 0 unspecified atom stereocenters. The average Bonchev–Trinajstić information content (AvgIpc) is 2.52. The predicted octanol–water partition coefficient (Wildman–Crippen LogP) is 2.46. The van der Waals surface area contributed by atoms with E-state index in [0.717, 1.165) is 0 Å². The molecule has 5 heteroatoms. The third kappa shape index (κ3) is 1.28. The lowest BCUT2D eigenvalue weighted by Gasteiger charge is -1.91. The van der Waals surface area contributed by atoms with Crippen molar-refractivity contribution in [2.75, 3.05) is 0 Å². The lowest BCUT2D eigenvalue weighted by atomic mass is 10.1. The Balaban J connectivity index is 2.89. The second-order valence-corrected chi connectivity index (χ2v) is 3.10. The number of carbonyl (C=O) groups excluding carboxylic acids is 1. The minimum Gasteiger partial charge on any atom is -0.453 e. The van der Waals surface area contributed by atoms with Gasteiger partial charge in [0.2, 0.25) is 5.58 Å². The van der Waals surface area contributed by atoms with Gasteiger partial charge in [-0.05, 0) is 13.0 Å². The van der Waals surface area contributed by atoms with Gasteiger partial charge in [0.1, 0.15) is 5.76 Å². The van der Waals surface area contributed by atoms with Crippen LogP contribution in [0.15, 0.2) is 22.6 Å². The van der Waals surface area contributed by atoms with Crippen LogP contribution in [0.1, 0.15) is 16.1 Å². The number of aryl methyl sites for hydroxylation is 1. The molecule has 0 aliphatic heterocycles. The van der Waals surface area contributed by atoms with Crippen LogP contribution in [-0.4, -0.2) is 11.2 Å². The van der Waals surface area contributed by atoms with Crippen LogP contribution in [0.2, 0.25) is 0 Å². The van der Waals surface area contributed by atoms with E-state index < -0.39 is 4.92 Å². The Hall–Kier alpha value is -2.17. The highest BCUT2D eigenvalue weighted by Crippen LogP contribution is 2.31. The van der Waals surface area contributed by atoms with E-state index in [1.165, 1.54) is 12.1 Å². The van der Waals surface area contributed by atoms with Crippen molar-refractivity contribution >= 4 is 22.9 Å². The lowest BCUT2D eigenvalue weighted by molar-refractivity contribution is -0.383. The van der Waals surface area contributed by atoms with Gasteiger partial charge in [0.15, 0.2) is 6.29 Å². The number of fused-ring (bicyclic) bond motifs is 1. The van der Waals surface area contributed by atoms with Crippen LogP contribution in [0.5, 0.6) is 0 Å². The summed E-state index contributed by atoms with van der Waals surface area (Å²) < 4.78 is 5.21. The molecule has 0 saturated carbocycles. The molecule has 0 spiro atoms. The van der Waals surface area contributed by atoms with Gasteiger partial charge >= 0.3 is 5.69 Å². The summed E-state index contributed by atoms with van der Waals surface area (Å²) in [6.45, 7) is 1.60. The number of carbonyl (C=O) groups is 1. The van der Waals surface area contributed by atoms with Crippen LogP contribution in [0, 0.1) is 17.0 Å². The van der Waals surface area contributed by atoms with Gasteiger partial charge in [0.25, 0.3) is 0 Å². The van der Waals surface area contributed by atoms with Crippen molar-refractivity contribution in [1.82, 2.24) is 0 Å². The van der Waals surface area contributed by atoms with Crippen molar-refractivity contribution in [3.8, 4) is 0 Å². The minimum atomic E-state index is -0.528. The highest BCUT2D eigenvalue weighted by atomic mass is 16.6. The monoisotopic (exact) mass is 205 g/mol. The highest BCUT2D eigenvalue weighted by molar-refractivity contribution is 6.00. The smallest absolute Gasteiger partial charge is 0.312 e. The van der Waals surface area contributed by atoms with Crippen molar-refractivity contribution in [2.45, 2.75) is 6.92 Å². The molecule has 1 heterocycles. The first-order chi connectivity index (χ1) is 7.15. The molecule has 76 valence electrons. The van der Waals surface area contributed by atoms with E-state index in [1.54, 1.807) is 13.0 Å². The molecule has 0 aliphatic rings. The van der Waals surface area contributed by atoms with Gasteiger partial charge in [-0.25, -0.2) is 0 Å². The number of aldehydes is 1. The third-order valence-electron chi connectivity index (χ3n) is 2.23. The van der Waals surface area contributed by atoms with Crippen LogP contribution >= 0.6 is 0 Å². The zero-order valence-electron chi connectivity index (χ0n) is 7.89. The summed E-state index contributed by atoms with van der Waals surface area (Å²) in [5, 5.41) is 11.2. The molecule has 0 aliphatic carbocycles. The SMILES string of the molecule is Cc1oc2c([N+](=O)[O-])cccc2c1C=O. The molecule has 0 bridgehead atoms. The quantitative estimate of drug-likeness (QED) is 0.428. The topological polar surface area (TPSA) is 73.3 Å². The molecular weight excluding hydrogens is 198 g/mol. The predicted molar refractivity (Wildman–Crippen MR) is 53.0 cm³/mol. The maximum atomic E-state index is 10.8. The Labute approximate surface area is 84.5 Å². The number of nitro groups is 1. The fourth-order valence-electron chi connectivity index (χ4n) is 1.53. The van der Waals surface area contributed by atoms with Gasteiger partial charge in [-0.2, -0.15) is 0 Å². The number of non-ortho nitro benzene ring substituents is 1. The van der Waals surface area contributed by atoms with Crippen molar-refractivity contribution in [3.63, 3.8) is 0 Å². The largest absolute Gasteiger partial charge is 0.453 e. The number of rotatable bonds is 2. The molecular formula is C10H7NO4. The Morgan fingerprint density at radius 1 is 1.47 bits per heavy atom. The standard InChI is InChI=1S/C10H7NO4/c1-6-8(5-12)7-3-2-4-9(11(13)14)10(7)15-6/h2-5H,1H3. The molecule has 5 nitrogen and oxygen atoms in total. The second kappa shape index (κ2) is 3.20. The van der Waals surface area contributed by atoms with E-state index in [0.29, 0.717) is 23.0 Å². The minimum absolute atomic E-state index is 0.122. The fourth-order valence-corrected chi connectivity index (χ4v) is 1.53. The molecule has 2 rings (SSSR count). The van der Waals surface area contributed by atoms with E-state index >= 15 is 0 Å². The number of nitro benzene ring substituents is 1. The van der Waals surface area contributed by atoms with Gasteiger partial charge in [0, 0.05) is 11.5 Å². The van der Waals surface area contributed by atoms with Crippen LogP contribution in [0.4, 0.5) is 5.69 Å². The Kier molecular flexibility index (Phi) is 2.00. The van der Waals surface area contributed by atoms with Gasteiger partial charge < -0.3 is 4.42 Å². The molecule has 0 fully saturated rings. The molecule has 1 aromatic carbocycles. The number of nitrogens with zero attached hydrogens (tertiary/aromatic N) is 1. The maximum Gasteiger partial charge on any atom is 0.312 e. The molecule has 0 atom stereocenters. The summed E-state index contributed by atoms with van der Waals surface area (Å²) in [5.41, 5.74) is 0.402. The molecule has 0 radical (unpaired) electrons. The zero-order chi connectivity index (χ0) is 11.0. The first-order valence-electron chi connectivity index (χ1n) is 4.27. The molecule has 1 aromatic heterocycles. The lowest BCUT2D eigenvalue weighted by Crippen LogP contribution is -1.87. The molecule has 0 saturated heterocycles. The van der Waals surface area contributed by atoms with Crippen molar-refractivity contribution in [3.05, 3.63) is 39.6 Å². The Bertz CT molecular complexity index is 556. The number of hydrogen-bond donors (Lipinski definition) is 0. The number of furan rings is 1. The normalized spacial score (nSPS) is 10.5. The highest BCUT2D eigenvalue weighted by Gasteiger charge is 2.19. The van der Waals surface area contributed by atoms with Crippen molar-refractivity contribution in [2.24, 2.45) is 0 Å². The molecule has 15 heavy (non-hydrogen) atoms. The van der Waals surface area contributed by atoms with Crippen LogP contribution < -0.4 is 0 Å². The van der Waals surface area contributed by atoms with E-state index in [2.05, 4.69) is 0 Å². The number of para-hydroxylation sites is 1. The second-order valence-electron chi connectivity index (χ2n) is 3.10. The Morgan fingerprint density at radius 3 is 2.80 bits per heavy atom. The molecule has 0 amide bonds. The summed E-state index contributed by atoms with van der Waals surface area (Å²) in [4.78, 5) is 20.9. The van der Waals surface area contributed by atoms with Crippen LogP contribution in [0.3, 0.4) is 0 Å². The number of benzene rings is 1. The van der Waals surface area contributed by atoms with E-state index in [1.807, 2.05) is 0 Å². The third-order valence-corrected chi connectivity index (χ3v) is 2.23. The summed E-state index contributed by atoms with van der Waals surface area (Å²) >= 11 is 0. The summed E-state index contributed by atoms with van der Waals surface area (Å²) in [7, 11) is 0. The average molecular weight is 205 g/mol. The van der Waals surface area contributed by atoms with E-state index in [-0.39, 0.29) is 11.3 Å². The fraction of sp³-hybridized carbons (Fsp3) is 0.100. The Morgan fingerprint density at radius 2 is 2.20 bits per heavy atom. The van der Waals surface area contributed by atoms with Gasteiger partial charge in [-0.15, -0.1) is 0 Å². The van der Waals surface area contributed by atoms with Gasteiger partial charge in [-0.1, -0.05) is 6.07 Å². The van der Waals surface area contributed by atoms with Crippen molar-refractivity contribution < 1.29 is 14.1 Å². The van der Waals surface area contributed by atoms with Gasteiger partial charge in [0.05, 0.1) is 10.5 Å². The van der Waals surface area contributed by atoms with Crippen LogP contribution in [0.25, 0.3) is 11.0 Å². The number of hydrogen-bond acceptors (Lipinski definition) is 4. The molecule has 0 N–H and O–H groups in total.